The molecule has 0 spiro atoms. The summed E-state index contributed by atoms with van der Waals surface area (Å²) >= 11 is 1.34. The number of amides is 7. The van der Waals surface area contributed by atoms with Gasteiger partial charge in [-0.25, -0.2) is 9.94 Å². The van der Waals surface area contributed by atoms with Crippen molar-refractivity contribution >= 4 is 65.0 Å². The lowest BCUT2D eigenvalue weighted by atomic mass is 9.98. The molecule has 3 aromatic carbocycles. The molecule has 0 saturated carbocycles. The van der Waals surface area contributed by atoms with Crippen molar-refractivity contribution in [1.29, 1.82) is 0 Å². The number of carbonyl (C=O) groups excluding carboxylic acids is 7. The van der Waals surface area contributed by atoms with Gasteiger partial charge in [0.2, 0.25) is 35.4 Å². The third kappa shape index (κ3) is 17.6. The van der Waals surface area contributed by atoms with Crippen molar-refractivity contribution in [1.82, 2.24) is 56.4 Å². The zero-order valence-corrected chi connectivity index (χ0v) is 52.0. The molecule has 2 aromatic heterocycles. The zero-order chi connectivity index (χ0) is 66.3. The van der Waals surface area contributed by atoms with Gasteiger partial charge in [0.25, 0.3) is 18.2 Å². The van der Waals surface area contributed by atoms with Crippen molar-refractivity contribution in [3.63, 3.8) is 0 Å². The quantitative estimate of drug-likeness (QED) is 0.0178. The molecule has 3 aliphatic heterocycles. The van der Waals surface area contributed by atoms with Gasteiger partial charge in [-0.1, -0.05) is 72.0 Å². The van der Waals surface area contributed by atoms with E-state index in [0.29, 0.717) is 27.7 Å². The molecule has 3 saturated heterocycles. The van der Waals surface area contributed by atoms with Crippen LogP contribution < -0.4 is 41.2 Å². The van der Waals surface area contributed by atoms with Gasteiger partial charge in [-0.2, -0.15) is 5.10 Å². The second-order valence-corrected chi connectivity index (χ2v) is 24.2. The number of carbonyl (C=O) groups is 7. The van der Waals surface area contributed by atoms with Crippen LogP contribution in [0.15, 0.2) is 79.1 Å². The van der Waals surface area contributed by atoms with Crippen LogP contribution in [0.1, 0.15) is 81.6 Å². The number of rotatable bonds is 22. The van der Waals surface area contributed by atoms with Crippen LogP contribution >= 0.6 is 23.7 Å². The van der Waals surface area contributed by atoms with Crippen LogP contribution in [0.4, 0.5) is 0 Å². The van der Waals surface area contributed by atoms with E-state index in [2.05, 4.69) is 58.2 Å². The number of β-amino-alcohol motifs (C(OH)–C–C–N with tert-alkyl or cyclic N) is 1. The number of phenols is 1. The number of nitrogens with one attached hydrogen (secondary N) is 5. The van der Waals surface area contributed by atoms with Gasteiger partial charge in [-0.15, -0.1) is 10.2 Å². The van der Waals surface area contributed by atoms with Crippen molar-refractivity contribution in [2.45, 2.75) is 145 Å². The fraction of sp³-hybridized carbons (Fsp3) is 0.492. The van der Waals surface area contributed by atoms with Crippen LogP contribution in [0.3, 0.4) is 0 Å². The minimum absolute atomic E-state index is 0.00915. The maximum atomic E-state index is 14.7. The number of aromatic hydroxyl groups is 1. The summed E-state index contributed by atoms with van der Waals surface area (Å²) in [5.74, 6) is -8.61. The van der Waals surface area contributed by atoms with Crippen LogP contribution in [0.5, 0.6) is 17.2 Å². The average molecular weight is 1320 g/mol. The number of aliphatic hydroxyl groups is 6. The van der Waals surface area contributed by atoms with Gasteiger partial charge in [0.05, 0.1) is 60.7 Å². The first kappa shape index (κ1) is 69.9. The lowest BCUT2D eigenvalue weighted by Crippen LogP contribution is -2.64. The molecular formula is C59H76N12O19S2. The van der Waals surface area contributed by atoms with E-state index >= 15 is 0 Å². The minimum Gasteiger partial charge on any atom is -0.504 e. The van der Waals surface area contributed by atoms with E-state index in [1.54, 1.807) is 23.0 Å². The Balaban J connectivity index is 1.05. The standard InChI is InChI=1S/C59H76N12O19S2/c1-4-5-6-7-20-87-39-15-13-36(14-16-39)71-28-35(25-62-71)57-68-67-56(91-57)34-11-9-33(10-12-34)51(79)63-40-23-37(73)26-61-55(83)49-50(78)30(2)27-70(49)59(85)48(43(76)18-19-60)66-54(82)47(44(77)21-32-8-17-42(75)45(22-32)88-92-90-89-86)65-53(81)41-24-38(74)29-69(41)58(84)46(31(3)72)64-52(40)80/h8-17,22,25,28,30-31,37-38,40-41,43-44,46-50,72-78,86H,4-7,18-21,23-24,26-27,29,60H2,1-3H3,(H,61,83)(H,63,79)(H,64,80)(H,65,81)(H,66,82)/t30-,31+,37+,38+,40+,41+,43-,44-,46+,47+,48+,49+,50+/m1/s1. The van der Waals surface area contributed by atoms with Crippen LogP contribution in [0.25, 0.3) is 26.8 Å². The van der Waals surface area contributed by atoms with Crippen molar-refractivity contribution in [3.05, 3.63) is 90.3 Å². The van der Waals surface area contributed by atoms with Gasteiger partial charge in [0.1, 0.15) is 47.0 Å². The summed E-state index contributed by atoms with van der Waals surface area (Å²) < 4.78 is 16.9. The highest BCUT2D eigenvalue weighted by molar-refractivity contribution is 7.90. The van der Waals surface area contributed by atoms with Gasteiger partial charge < -0.3 is 86.8 Å². The smallest absolute Gasteiger partial charge is 0.261 e. The third-order valence-electron chi connectivity index (χ3n) is 15.9. The molecule has 3 aliphatic rings. The third-order valence-corrected chi connectivity index (χ3v) is 17.3. The maximum Gasteiger partial charge on any atom is 0.261 e. The molecule has 5 heterocycles. The molecule has 498 valence electrons. The molecule has 0 bridgehead atoms. The molecule has 3 fully saturated rings. The average Bonchev–Trinajstić information content (AvgIpc) is 1.66. The molecule has 7 amide bonds. The van der Waals surface area contributed by atoms with Crippen LogP contribution in [-0.4, -0.2) is 218 Å². The highest BCUT2D eigenvalue weighted by Gasteiger charge is 2.50. The second-order valence-electron chi connectivity index (χ2n) is 22.7. The first-order valence-electron chi connectivity index (χ1n) is 29.8. The topological polar surface area (TPSA) is 454 Å². The van der Waals surface area contributed by atoms with E-state index in [1.807, 2.05) is 30.5 Å². The molecule has 8 rings (SSSR count). The Morgan fingerprint density at radius 2 is 1.50 bits per heavy atom. The number of ether oxygens (including phenoxy) is 1. The maximum absolute atomic E-state index is 14.7. The Kier molecular flexibility index (Phi) is 24.8. The molecule has 0 unspecified atom stereocenters. The number of hydrogen-bond donors (Lipinski definition) is 14. The highest BCUT2D eigenvalue weighted by atomic mass is 32.2. The van der Waals surface area contributed by atoms with E-state index in [1.165, 1.54) is 42.5 Å². The number of nitrogens with zero attached hydrogens (tertiary/aromatic N) is 6. The minimum atomic E-state index is -2.11. The molecule has 0 aliphatic carbocycles. The Morgan fingerprint density at radius 1 is 0.804 bits per heavy atom. The van der Waals surface area contributed by atoms with E-state index < -0.39 is 158 Å². The Morgan fingerprint density at radius 3 is 2.20 bits per heavy atom. The van der Waals surface area contributed by atoms with Gasteiger partial charge in [-0.05, 0) is 80.4 Å². The van der Waals surface area contributed by atoms with E-state index in [4.69, 9.17) is 19.9 Å². The first-order valence-corrected chi connectivity index (χ1v) is 31.3. The Bertz CT molecular complexity index is 3340. The molecular weight excluding hydrogens is 1240 g/mol. The number of fused-ring (bicyclic) bond motifs is 2. The van der Waals surface area contributed by atoms with Crippen molar-refractivity contribution in [2.75, 3.05) is 32.8 Å². The lowest BCUT2D eigenvalue weighted by Gasteiger charge is -2.34. The van der Waals surface area contributed by atoms with E-state index in [9.17, 15) is 69.3 Å². The summed E-state index contributed by atoms with van der Waals surface area (Å²) in [4.78, 5) is 103. The number of hydrogen-bond acceptors (Lipinski definition) is 25. The number of nitrogens with two attached hydrogens (primary N) is 1. The molecule has 31 nitrogen and oxygen atoms in total. The van der Waals surface area contributed by atoms with Gasteiger partial charge in [-0.3, -0.25) is 33.6 Å². The zero-order valence-electron chi connectivity index (χ0n) is 50.3. The fourth-order valence-corrected chi connectivity index (χ4v) is 12.0. The summed E-state index contributed by atoms with van der Waals surface area (Å²) in [5.41, 5.74) is 7.99. The van der Waals surface area contributed by atoms with Crippen LogP contribution in [-0.2, 0) is 44.6 Å². The highest BCUT2D eigenvalue weighted by Crippen LogP contribution is 2.33. The molecule has 13 atom stereocenters. The van der Waals surface area contributed by atoms with Gasteiger partial charge in [0, 0.05) is 62.1 Å². The van der Waals surface area contributed by atoms with Gasteiger partial charge >= 0.3 is 0 Å². The Labute approximate surface area is 535 Å². The number of aliphatic hydroxyl groups excluding tert-OH is 6. The SMILES string of the molecule is CCCCCCOc1ccc(-n2cc(-c3nnc(-c4ccc(C(=O)N[C@H]5C[C@H](O)CNC(=O)[C@@H]6[C@@H](O)[C@H](C)CN6C(=O)[C@H]([C@H](O)CCN)NC(=O)[C@H]([C@H](O)Cc6ccc(O)c(OSOOO)c6)NC(=O)[C@@H]6C[C@H](O)CN6C(=O)[C@H]([C@H](C)O)NC5=O)cc4)s3)cn2)cc1. The summed E-state index contributed by atoms with van der Waals surface area (Å²) in [5, 5.41) is 117. The van der Waals surface area contributed by atoms with E-state index in [0.717, 1.165) is 59.9 Å². The predicted octanol–water partition coefficient (Wildman–Crippen LogP) is -0.617. The summed E-state index contributed by atoms with van der Waals surface area (Å²) in [6, 6.07) is 6.03. The number of unbranched alkanes of at least 4 members (excludes halogenated alkanes) is 3. The number of benzene rings is 3. The first-order chi connectivity index (χ1) is 44.1. The molecule has 5 aromatic rings. The predicted molar refractivity (Wildman–Crippen MR) is 327 cm³/mol. The number of phenolic OH excluding ortho intramolecular Hbond substituents is 1. The summed E-state index contributed by atoms with van der Waals surface area (Å²) in [6.07, 6.45) is -4.42. The largest absolute Gasteiger partial charge is 0.504 e. The molecule has 0 radical (unpaired) electrons. The lowest BCUT2D eigenvalue weighted by molar-refractivity contribution is -0.433. The molecule has 15 N–H and O–H groups in total. The normalized spacial score (nSPS) is 24.7. The summed E-state index contributed by atoms with van der Waals surface area (Å²) in [7, 11) is 0. The summed E-state index contributed by atoms with van der Waals surface area (Å²) in [6.45, 7) is 3.63. The van der Waals surface area contributed by atoms with Crippen molar-refractivity contribution < 1.29 is 92.9 Å². The molecule has 92 heavy (non-hydrogen) atoms. The Hall–Kier alpha value is -7.93. The van der Waals surface area contributed by atoms with Crippen molar-refractivity contribution in [2.24, 2.45) is 11.7 Å². The molecule has 33 heteroatoms. The fourth-order valence-electron chi connectivity index (χ4n) is 10.9. The van der Waals surface area contributed by atoms with E-state index in [-0.39, 0.29) is 48.7 Å². The van der Waals surface area contributed by atoms with Crippen LogP contribution in [0.2, 0.25) is 0 Å². The van der Waals surface area contributed by atoms with Crippen LogP contribution in [0, 0.1) is 5.92 Å². The second kappa shape index (κ2) is 32.6. The monoisotopic (exact) mass is 1320 g/mol. The van der Waals surface area contributed by atoms with Crippen molar-refractivity contribution in [3.8, 4) is 44.1 Å². The van der Waals surface area contributed by atoms with Gasteiger partial charge in [0.15, 0.2) is 16.5 Å². The number of aromatic nitrogens is 4.